The standard InChI is InChI=1S/C23H22ClFN4O3/c1-31-23(30)21-19(12-15-5-6-16(25)13-17(15)24)27-22(18-4-2-3-7-26-18)28-20(21)14-29-8-10-32-11-9-29/h2-7,13H,8-12,14H2,1H3. The number of rotatable bonds is 6. The Balaban J connectivity index is 1.84. The first-order valence-corrected chi connectivity index (χ1v) is 10.6. The van der Waals surface area contributed by atoms with E-state index in [1.165, 1.54) is 19.2 Å². The van der Waals surface area contributed by atoms with Gasteiger partial charge in [0.1, 0.15) is 17.1 Å². The Bertz CT molecular complexity index is 1110. The summed E-state index contributed by atoms with van der Waals surface area (Å²) in [5, 5.41) is 0.258. The van der Waals surface area contributed by atoms with Gasteiger partial charge in [-0.1, -0.05) is 23.7 Å². The number of pyridine rings is 1. The second kappa shape index (κ2) is 10.1. The molecule has 7 nitrogen and oxygen atoms in total. The van der Waals surface area contributed by atoms with Crippen LogP contribution in [0.25, 0.3) is 11.5 Å². The zero-order valence-electron chi connectivity index (χ0n) is 17.6. The molecule has 1 aromatic carbocycles. The first kappa shape index (κ1) is 22.3. The largest absolute Gasteiger partial charge is 0.465 e. The van der Waals surface area contributed by atoms with Gasteiger partial charge in [-0.2, -0.15) is 0 Å². The van der Waals surface area contributed by atoms with E-state index in [1.807, 2.05) is 6.07 Å². The number of carbonyl (C=O) groups is 1. The van der Waals surface area contributed by atoms with Crippen molar-refractivity contribution in [3.05, 3.63) is 75.9 Å². The van der Waals surface area contributed by atoms with Crippen molar-refractivity contribution in [2.75, 3.05) is 33.4 Å². The molecular formula is C23H22ClFN4O3. The Labute approximate surface area is 190 Å². The third kappa shape index (κ3) is 5.09. The van der Waals surface area contributed by atoms with Gasteiger partial charge in [0.25, 0.3) is 0 Å². The quantitative estimate of drug-likeness (QED) is 0.525. The van der Waals surface area contributed by atoms with Crippen LogP contribution < -0.4 is 0 Å². The molecule has 0 bridgehead atoms. The Morgan fingerprint density at radius 1 is 1.19 bits per heavy atom. The summed E-state index contributed by atoms with van der Waals surface area (Å²) in [6, 6.07) is 9.61. The van der Waals surface area contributed by atoms with Crippen molar-refractivity contribution >= 4 is 17.6 Å². The molecular weight excluding hydrogens is 435 g/mol. The lowest BCUT2D eigenvalue weighted by Crippen LogP contribution is -2.36. The minimum absolute atomic E-state index is 0.210. The second-order valence-electron chi connectivity index (χ2n) is 7.32. The minimum Gasteiger partial charge on any atom is -0.465 e. The smallest absolute Gasteiger partial charge is 0.341 e. The van der Waals surface area contributed by atoms with Gasteiger partial charge in [0.15, 0.2) is 5.82 Å². The number of hydrogen-bond acceptors (Lipinski definition) is 7. The first-order valence-electron chi connectivity index (χ1n) is 10.2. The van der Waals surface area contributed by atoms with Gasteiger partial charge in [-0.3, -0.25) is 9.88 Å². The minimum atomic E-state index is -0.533. The van der Waals surface area contributed by atoms with Crippen LogP contribution in [0.4, 0.5) is 4.39 Å². The Morgan fingerprint density at radius 3 is 2.66 bits per heavy atom. The fraction of sp³-hybridized carbons (Fsp3) is 0.304. The topological polar surface area (TPSA) is 77.4 Å². The molecule has 1 fully saturated rings. The highest BCUT2D eigenvalue weighted by atomic mass is 35.5. The van der Waals surface area contributed by atoms with Crippen molar-refractivity contribution in [1.82, 2.24) is 19.9 Å². The van der Waals surface area contributed by atoms with E-state index in [0.29, 0.717) is 53.8 Å². The van der Waals surface area contributed by atoms with Gasteiger partial charge in [0.2, 0.25) is 0 Å². The molecule has 3 aromatic rings. The Hall–Kier alpha value is -2.94. The summed E-state index contributed by atoms with van der Waals surface area (Å²) in [5.74, 6) is -0.569. The van der Waals surface area contributed by atoms with E-state index in [9.17, 15) is 9.18 Å². The van der Waals surface area contributed by atoms with Crippen molar-refractivity contribution in [1.29, 1.82) is 0 Å². The van der Waals surface area contributed by atoms with E-state index in [4.69, 9.17) is 26.1 Å². The number of morpholine rings is 1. The van der Waals surface area contributed by atoms with Crippen LogP contribution in [-0.4, -0.2) is 59.2 Å². The van der Waals surface area contributed by atoms with Crippen LogP contribution in [0.15, 0.2) is 42.6 Å². The molecule has 3 heterocycles. The molecule has 1 aliphatic rings. The highest BCUT2D eigenvalue weighted by Crippen LogP contribution is 2.26. The molecule has 0 radical (unpaired) electrons. The fourth-order valence-electron chi connectivity index (χ4n) is 3.57. The SMILES string of the molecule is COC(=O)c1c(Cc2ccc(F)cc2Cl)nc(-c2ccccn2)nc1CN1CCOCC1. The van der Waals surface area contributed by atoms with Gasteiger partial charge in [-0.25, -0.2) is 19.2 Å². The number of esters is 1. The second-order valence-corrected chi connectivity index (χ2v) is 7.73. The molecule has 0 unspecified atom stereocenters. The number of hydrogen-bond donors (Lipinski definition) is 0. The molecule has 0 amide bonds. The van der Waals surface area contributed by atoms with Crippen molar-refractivity contribution in [2.45, 2.75) is 13.0 Å². The Morgan fingerprint density at radius 2 is 1.97 bits per heavy atom. The third-order valence-corrected chi connectivity index (χ3v) is 5.54. The maximum absolute atomic E-state index is 13.6. The lowest BCUT2D eigenvalue weighted by atomic mass is 10.0. The summed E-state index contributed by atoms with van der Waals surface area (Å²) in [5.41, 5.74) is 2.51. The number of nitrogens with zero attached hydrogens (tertiary/aromatic N) is 4. The zero-order chi connectivity index (χ0) is 22.5. The monoisotopic (exact) mass is 456 g/mol. The van der Waals surface area contributed by atoms with Crippen molar-refractivity contribution in [3.63, 3.8) is 0 Å². The van der Waals surface area contributed by atoms with E-state index < -0.39 is 11.8 Å². The number of ether oxygens (including phenoxy) is 2. The summed E-state index contributed by atoms with van der Waals surface area (Å²) in [6.45, 7) is 3.11. The van der Waals surface area contributed by atoms with Crippen LogP contribution in [0.5, 0.6) is 0 Å². The molecule has 166 valence electrons. The van der Waals surface area contributed by atoms with Crippen molar-refractivity contribution < 1.29 is 18.7 Å². The van der Waals surface area contributed by atoms with E-state index in [1.54, 1.807) is 24.4 Å². The summed E-state index contributed by atoms with van der Waals surface area (Å²) >= 11 is 6.26. The number of carbonyl (C=O) groups excluding carboxylic acids is 1. The van der Waals surface area contributed by atoms with Crippen LogP contribution >= 0.6 is 11.6 Å². The van der Waals surface area contributed by atoms with Gasteiger partial charge < -0.3 is 9.47 Å². The van der Waals surface area contributed by atoms with Gasteiger partial charge in [0.05, 0.1) is 31.7 Å². The molecule has 2 aromatic heterocycles. The molecule has 9 heteroatoms. The van der Waals surface area contributed by atoms with Crippen molar-refractivity contribution in [2.24, 2.45) is 0 Å². The highest BCUT2D eigenvalue weighted by molar-refractivity contribution is 6.31. The van der Waals surface area contributed by atoms with Crippen LogP contribution in [0.3, 0.4) is 0 Å². The molecule has 1 saturated heterocycles. The van der Waals surface area contributed by atoms with Crippen LogP contribution in [0, 0.1) is 5.82 Å². The van der Waals surface area contributed by atoms with E-state index in [-0.39, 0.29) is 11.4 Å². The van der Waals surface area contributed by atoms with E-state index in [0.717, 1.165) is 13.1 Å². The molecule has 0 atom stereocenters. The van der Waals surface area contributed by atoms with Gasteiger partial charge in [-0.15, -0.1) is 0 Å². The first-order chi connectivity index (χ1) is 15.5. The van der Waals surface area contributed by atoms with Gasteiger partial charge in [0, 0.05) is 37.3 Å². The normalized spacial score (nSPS) is 14.3. The number of halogens is 2. The van der Waals surface area contributed by atoms with E-state index in [2.05, 4.69) is 14.9 Å². The van der Waals surface area contributed by atoms with Crippen LogP contribution in [-0.2, 0) is 22.4 Å². The molecule has 1 aliphatic heterocycles. The lowest BCUT2D eigenvalue weighted by molar-refractivity contribution is 0.0332. The zero-order valence-corrected chi connectivity index (χ0v) is 18.3. The summed E-state index contributed by atoms with van der Waals surface area (Å²) in [6.07, 6.45) is 1.87. The summed E-state index contributed by atoms with van der Waals surface area (Å²) < 4.78 is 24.1. The number of methoxy groups -OCH3 is 1. The summed E-state index contributed by atoms with van der Waals surface area (Å²) in [4.78, 5) is 28.7. The average molecular weight is 457 g/mol. The molecule has 32 heavy (non-hydrogen) atoms. The number of benzene rings is 1. The van der Waals surface area contributed by atoms with Gasteiger partial charge >= 0.3 is 5.97 Å². The molecule has 0 N–H and O–H groups in total. The molecule has 0 aliphatic carbocycles. The van der Waals surface area contributed by atoms with E-state index >= 15 is 0 Å². The third-order valence-electron chi connectivity index (χ3n) is 5.19. The maximum atomic E-state index is 13.6. The predicted molar refractivity (Wildman–Crippen MR) is 117 cm³/mol. The average Bonchev–Trinajstić information content (AvgIpc) is 2.81. The molecule has 4 rings (SSSR count). The summed E-state index contributed by atoms with van der Waals surface area (Å²) in [7, 11) is 1.32. The number of aromatic nitrogens is 3. The maximum Gasteiger partial charge on any atom is 0.341 e. The van der Waals surface area contributed by atoms with Crippen LogP contribution in [0.1, 0.15) is 27.3 Å². The van der Waals surface area contributed by atoms with Gasteiger partial charge in [-0.05, 0) is 29.8 Å². The Kier molecular flexibility index (Phi) is 7.04. The van der Waals surface area contributed by atoms with Crippen molar-refractivity contribution in [3.8, 4) is 11.5 Å². The van der Waals surface area contributed by atoms with Crippen LogP contribution in [0.2, 0.25) is 5.02 Å². The molecule has 0 spiro atoms. The highest BCUT2D eigenvalue weighted by Gasteiger charge is 2.25. The molecule has 0 saturated carbocycles. The lowest BCUT2D eigenvalue weighted by Gasteiger charge is -2.27. The fourth-order valence-corrected chi connectivity index (χ4v) is 3.80. The predicted octanol–water partition coefficient (Wildman–Crippen LogP) is 3.54.